The Morgan fingerprint density at radius 1 is 1.09 bits per heavy atom. The first-order valence-electron chi connectivity index (χ1n) is 4.51. The van der Waals surface area contributed by atoms with E-state index in [-0.39, 0.29) is 0 Å². The number of hydrogen-bond acceptors (Lipinski definition) is 2. The van der Waals surface area contributed by atoms with Crippen LogP contribution in [0.15, 0.2) is 12.3 Å². The van der Waals surface area contributed by atoms with Gasteiger partial charge < -0.3 is 10.6 Å². The van der Waals surface area contributed by atoms with Gasteiger partial charge in [0.2, 0.25) is 0 Å². The van der Waals surface area contributed by atoms with E-state index in [4.69, 9.17) is 0 Å². The summed E-state index contributed by atoms with van der Waals surface area (Å²) in [6.07, 6.45) is 6.53. The third kappa shape index (κ3) is 9.50. The van der Waals surface area contributed by atoms with Gasteiger partial charge in [0.15, 0.2) is 0 Å². The van der Waals surface area contributed by atoms with Crippen molar-refractivity contribution in [3.8, 4) is 0 Å². The molecule has 0 heterocycles. The predicted octanol–water partition coefficient (Wildman–Crippen LogP) is 1.50. The van der Waals surface area contributed by atoms with Crippen LogP contribution in [0.1, 0.15) is 26.7 Å². The second-order valence-corrected chi connectivity index (χ2v) is 2.56. The van der Waals surface area contributed by atoms with Gasteiger partial charge in [0.25, 0.3) is 0 Å². The van der Waals surface area contributed by atoms with Crippen molar-refractivity contribution >= 4 is 0 Å². The Labute approximate surface area is 70.1 Å². The van der Waals surface area contributed by atoms with Crippen molar-refractivity contribution in [2.75, 3.05) is 19.6 Å². The molecule has 0 aliphatic rings. The molecule has 0 saturated carbocycles. The molecule has 0 radical (unpaired) electrons. The summed E-state index contributed by atoms with van der Waals surface area (Å²) in [6.45, 7) is 7.50. The summed E-state index contributed by atoms with van der Waals surface area (Å²) in [5.74, 6) is 0. The molecule has 0 fully saturated rings. The highest BCUT2D eigenvalue weighted by Gasteiger charge is 1.77. The number of hydrogen-bond donors (Lipinski definition) is 2. The SMILES string of the molecule is CCCNC=CCNCCC. The van der Waals surface area contributed by atoms with Gasteiger partial charge in [0.1, 0.15) is 0 Å². The van der Waals surface area contributed by atoms with Crippen molar-refractivity contribution in [2.45, 2.75) is 26.7 Å². The number of rotatable bonds is 7. The van der Waals surface area contributed by atoms with E-state index in [0.29, 0.717) is 0 Å². The van der Waals surface area contributed by atoms with E-state index in [9.17, 15) is 0 Å². The number of nitrogens with one attached hydrogen (secondary N) is 2. The molecule has 0 aliphatic carbocycles. The summed E-state index contributed by atoms with van der Waals surface area (Å²) in [7, 11) is 0. The fourth-order valence-electron chi connectivity index (χ4n) is 0.732. The molecule has 0 atom stereocenters. The van der Waals surface area contributed by atoms with Crippen LogP contribution in [0.25, 0.3) is 0 Å². The molecule has 0 unspecified atom stereocenters. The van der Waals surface area contributed by atoms with Crippen LogP contribution in [0.3, 0.4) is 0 Å². The third-order valence-electron chi connectivity index (χ3n) is 1.32. The van der Waals surface area contributed by atoms with Gasteiger partial charge in [-0.05, 0) is 25.6 Å². The molecule has 0 spiro atoms. The fraction of sp³-hybridized carbons (Fsp3) is 0.778. The van der Waals surface area contributed by atoms with E-state index in [1.165, 1.54) is 12.8 Å². The monoisotopic (exact) mass is 156 g/mol. The van der Waals surface area contributed by atoms with E-state index in [2.05, 4.69) is 30.6 Å². The van der Waals surface area contributed by atoms with E-state index in [0.717, 1.165) is 19.6 Å². The van der Waals surface area contributed by atoms with Gasteiger partial charge in [-0.1, -0.05) is 19.9 Å². The minimum absolute atomic E-state index is 0.977. The third-order valence-corrected chi connectivity index (χ3v) is 1.32. The molecule has 0 aromatic rings. The predicted molar refractivity (Wildman–Crippen MR) is 50.6 cm³/mol. The zero-order valence-corrected chi connectivity index (χ0v) is 7.69. The van der Waals surface area contributed by atoms with Gasteiger partial charge in [-0.25, -0.2) is 0 Å². The molecule has 0 aliphatic heterocycles. The normalized spacial score (nSPS) is 10.7. The lowest BCUT2D eigenvalue weighted by molar-refractivity contribution is 0.724. The van der Waals surface area contributed by atoms with Crippen LogP contribution in [-0.4, -0.2) is 19.6 Å². The van der Waals surface area contributed by atoms with Gasteiger partial charge in [-0.3, -0.25) is 0 Å². The van der Waals surface area contributed by atoms with Crippen molar-refractivity contribution in [3.63, 3.8) is 0 Å². The van der Waals surface area contributed by atoms with Crippen LogP contribution in [-0.2, 0) is 0 Å². The topological polar surface area (TPSA) is 24.1 Å². The lowest BCUT2D eigenvalue weighted by atomic mass is 10.4. The molecular weight excluding hydrogens is 136 g/mol. The van der Waals surface area contributed by atoms with Gasteiger partial charge in [-0.15, -0.1) is 0 Å². The van der Waals surface area contributed by atoms with E-state index in [1.54, 1.807) is 0 Å². The minimum Gasteiger partial charge on any atom is -0.391 e. The van der Waals surface area contributed by atoms with E-state index >= 15 is 0 Å². The second kappa shape index (κ2) is 9.50. The van der Waals surface area contributed by atoms with Gasteiger partial charge in [0, 0.05) is 13.1 Å². The molecule has 0 aromatic carbocycles. The van der Waals surface area contributed by atoms with Crippen LogP contribution in [0, 0.1) is 0 Å². The summed E-state index contributed by atoms with van der Waals surface area (Å²) in [6, 6.07) is 0. The molecule has 2 heteroatoms. The molecule has 0 aromatic heterocycles. The van der Waals surface area contributed by atoms with Gasteiger partial charge >= 0.3 is 0 Å². The zero-order valence-electron chi connectivity index (χ0n) is 7.69. The molecule has 2 N–H and O–H groups in total. The summed E-state index contributed by atoms with van der Waals surface area (Å²) >= 11 is 0. The van der Waals surface area contributed by atoms with Crippen LogP contribution in [0.2, 0.25) is 0 Å². The zero-order chi connectivity index (χ0) is 8.36. The van der Waals surface area contributed by atoms with E-state index < -0.39 is 0 Å². The second-order valence-electron chi connectivity index (χ2n) is 2.56. The smallest absolute Gasteiger partial charge is 0.0151 e. The molecule has 2 nitrogen and oxygen atoms in total. The highest BCUT2D eigenvalue weighted by molar-refractivity contribution is 4.81. The fourth-order valence-corrected chi connectivity index (χ4v) is 0.732. The Bertz CT molecular complexity index is 89.6. The van der Waals surface area contributed by atoms with Crippen LogP contribution < -0.4 is 10.6 Å². The lowest BCUT2D eigenvalue weighted by Crippen LogP contribution is -2.15. The average Bonchev–Trinajstić information content (AvgIpc) is 2.03. The molecule has 66 valence electrons. The molecule has 0 saturated heterocycles. The standard InChI is InChI=1S/C9H20N2/c1-3-6-10-8-5-9-11-7-4-2/h5,8,10-11H,3-4,6-7,9H2,1-2H3. The highest BCUT2D eigenvalue weighted by atomic mass is 14.9. The highest BCUT2D eigenvalue weighted by Crippen LogP contribution is 1.72. The lowest BCUT2D eigenvalue weighted by Gasteiger charge is -1.97. The molecule has 0 amide bonds. The summed E-state index contributed by atoms with van der Waals surface area (Å²) in [4.78, 5) is 0. The first-order chi connectivity index (χ1) is 5.41. The Morgan fingerprint density at radius 3 is 2.45 bits per heavy atom. The maximum Gasteiger partial charge on any atom is 0.0151 e. The van der Waals surface area contributed by atoms with Gasteiger partial charge in [0.05, 0.1) is 0 Å². The molecule has 11 heavy (non-hydrogen) atoms. The van der Waals surface area contributed by atoms with Crippen LogP contribution in [0.5, 0.6) is 0 Å². The first kappa shape index (κ1) is 10.5. The molecule has 0 bridgehead atoms. The molecule has 0 rings (SSSR count). The van der Waals surface area contributed by atoms with Crippen molar-refractivity contribution < 1.29 is 0 Å². The minimum atomic E-state index is 0.977. The van der Waals surface area contributed by atoms with Crippen molar-refractivity contribution in [1.29, 1.82) is 0 Å². The van der Waals surface area contributed by atoms with E-state index in [1.807, 2.05) is 6.20 Å². The largest absolute Gasteiger partial charge is 0.391 e. The summed E-state index contributed by atoms with van der Waals surface area (Å²) in [5, 5.41) is 6.48. The average molecular weight is 156 g/mol. The molecular formula is C9H20N2. The van der Waals surface area contributed by atoms with Crippen molar-refractivity contribution in [1.82, 2.24) is 10.6 Å². The Hall–Kier alpha value is -0.500. The maximum absolute atomic E-state index is 3.29. The van der Waals surface area contributed by atoms with Crippen molar-refractivity contribution in [3.05, 3.63) is 12.3 Å². The Balaban J connectivity index is 2.91. The summed E-state index contributed by atoms with van der Waals surface area (Å²) < 4.78 is 0. The Morgan fingerprint density at radius 2 is 1.82 bits per heavy atom. The maximum atomic E-state index is 3.29. The van der Waals surface area contributed by atoms with Crippen molar-refractivity contribution in [2.24, 2.45) is 0 Å². The van der Waals surface area contributed by atoms with Crippen LogP contribution in [0.4, 0.5) is 0 Å². The van der Waals surface area contributed by atoms with Crippen LogP contribution >= 0.6 is 0 Å². The van der Waals surface area contributed by atoms with Gasteiger partial charge in [-0.2, -0.15) is 0 Å². The quantitative estimate of drug-likeness (QED) is 0.546. The summed E-state index contributed by atoms with van der Waals surface area (Å²) in [5.41, 5.74) is 0. The Kier molecular flexibility index (Phi) is 9.07. The first-order valence-corrected chi connectivity index (χ1v) is 4.51.